The van der Waals surface area contributed by atoms with Crippen LogP contribution in [0.15, 0.2) is 47.3 Å². The highest BCUT2D eigenvalue weighted by atomic mass is 79.9. The summed E-state index contributed by atoms with van der Waals surface area (Å²) in [5.74, 6) is -0.493. The Morgan fingerprint density at radius 2 is 2.03 bits per heavy atom. The summed E-state index contributed by atoms with van der Waals surface area (Å²) >= 11 is 6.95. The zero-order chi connectivity index (χ0) is 26.3. The van der Waals surface area contributed by atoms with Crippen molar-refractivity contribution < 1.29 is 28.3 Å². The number of Topliss-reactive ketones (excluding diaryl/α,β-unsaturated/α-hetero) is 1. The second-order valence-electron chi connectivity index (χ2n) is 8.57. The number of alkyl halides is 2. The summed E-state index contributed by atoms with van der Waals surface area (Å²) in [5.41, 5.74) is 5.95. The first-order chi connectivity index (χ1) is 16.9. The van der Waals surface area contributed by atoms with E-state index in [4.69, 9.17) is 19.5 Å². The molecule has 0 amide bonds. The predicted octanol–water partition coefficient (Wildman–Crippen LogP) is 3.41. The highest BCUT2D eigenvalue weighted by molar-refractivity contribution is 9.25. The number of carbonyl (C=O) groups excluding carboxylic acids is 1. The third-order valence-electron chi connectivity index (χ3n) is 5.86. The highest BCUT2D eigenvalue weighted by Crippen LogP contribution is 2.54. The van der Waals surface area contributed by atoms with Crippen molar-refractivity contribution >= 4 is 56.7 Å². The van der Waals surface area contributed by atoms with E-state index in [1.165, 1.54) is 11.4 Å². The van der Waals surface area contributed by atoms with Crippen molar-refractivity contribution in [3.8, 4) is 5.75 Å². The van der Waals surface area contributed by atoms with Crippen molar-refractivity contribution in [3.05, 3.63) is 58.5 Å². The minimum Gasteiger partial charge on any atom is -0.424 e. The summed E-state index contributed by atoms with van der Waals surface area (Å²) in [4.78, 5) is 26.5. The van der Waals surface area contributed by atoms with E-state index in [9.17, 15) is 19.3 Å². The van der Waals surface area contributed by atoms with E-state index in [0.29, 0.717) is 11.4 Å². The van der Waals surface area contributed by atoms with Crippen LogP contribution in [0.3, 0.4) is 0 Å². The van der Waals surface area contributed by atoms with Gasteiger partial charge in [0.1, 0.15) is 38.6 Å². The topological polar surface area (TPSA) is 158 Å². The maximum Gasteiger partial charge on any atom is 0.379 e. The molecule has 1 aromatic carbocycles. The quantitative estimate of drug-likeness (QED) is 0.234. The largest absolute Gasteiger partial charge is 0.424 e. The van der Waals surface area contributed by atoms with Crippen LogP contribution in [0.1, 0.15) is 25.6 Å². The first kappa shape index (κ1) is 27.0. The molecule has 3 aromatic rings. The molecule has 194 valence electrons. The standard InChI is InChI=1S/C22H25Br2N4O7P/c1-12(13(2)29)11-36(32,35-14-6-4-3-5-7-14)33-10-17-18(30)22(23,24)19(34-17)15-8-9-16-20(31)26-21(25)27-28(15)16/h3-9,12,17-19,30H,10-11H2,1-2H3,(H3,25,26,27,31)/t12-,17-,18+,19+,36?/m1/s1. The van der Waals surface area contributed by atoms with Gasteiger partial charge in [0.15, 0.2) is 0 Å². The first-order valence-corrected chi connectivity index (χ1v) is 14.3. The zero-order valence-corrected chi connectivity index (χ0v) is 23.4. The number of nitrogens with two attached hydrogens (primary N) is 1. The fourth-order valence-corrected chi connectivity index (χ4v) is 7.04. The molecule has 3 heterocycles. The van der Waals surface area contributed by atoms with Gasteiger partial charge in [0.05, 0.1) is 18.5 Å². The Morgan fingerprint density at radius 1 is 1.33 bits per heavy atom. The Balaban J connectivity index is 1.57. The SMILES string of the molecule is CC(=O)[C@H](C)CP(=O)(OC[C@H]1O[C@@H](c2ccc3c(=O)[nH]c(N)nn23)C(Br)(Br)[C@H]1O)Oc1ccccc1. The van der Waals surface area contributed by atoms with E-state index in [2.05, 4.69) is 41.9 Å². The number of ketones is 1. The number of anilines is 1. The van der Waals surface area contributed by atoms with Gasteiger partial charge >= 0.3 is 7.60 Å². The minimum absolute atomic E-state index is 0.0864. The van der Waals surface area contributed by atoms with Crippen LogP contribution in [-0.4, -0.2) is 53.7 Å². The first-order valence-electron chi connectivity index (χ1n) is 11.0. The molecule has 0 bridgehead atoms. The summed E-state index contributed by atoms with van der Waals surface area (Å²) in [6, 6.07) is 11.7. The summed E-state index contributed by atoms with van der Waals surface area (Å²) in [6.07, 6.45) is -3.13. The Labute approximate surface area is 223 Å². The molecule has 0 aliphatic carbocycles. The van der Waals surface area contributed by atoms with Crippen molar-refractivity contribution in [3.63, 3.8) is 0 Å². The van der Waals surface area contributed by atoms with Crippen LogP contribution in [-0.2, 0) is 18.6 Å². The van der Waals surface area contributed by atoms with Crippen LogP contribution in [0.5, 0.6) is 5.75 Å². The van der Waals surface area contributed by atoms with Crippen LogP contribution < -0.4 is 15.8 Å². The third-order valence-corrected chi connectivity index (χ3v) is 9.65. The molecule has 2 aromatic heterocycles. The Hall–Kier alpha value is -2.02. The van der Waals surface area contributed by atoms with Crippen molar-refractivity contribution in [2.75, 3.05) is 18.5 Å². The number of aromatic amines is 1. The summed E-state index contributed by atoms with van der Waals surface area (Å²) in [7, 11) is -3.83. The summed E-state index contributed by atoms with van der Waals surface area (Å²) < 4.78 is 31.4. The molecule has 1 unspecified atom stereocenters. The molecule has 11 nitrogen and oxygen atoms in total. The number of nitrogens with one attached hydrogen (secondary N) is 1. The number of para-hydroxylation sites is 1. The maximum absolute atomic E-state index is 13.7. The molecule has 0 saturated carbocycles. The van der Waals surface area contributed by atoms with Gasteiger partial charge in [0.2, 0.25) is 5.95 Å². The molecule has 1 aliphatic rings. The van der Waals surface area contributed by atoms with E-state index in [-0.39, 0.29) is 30.0 Å². The van der Waals surface area contributed by atoms with Crippen LogP contribution in [0.4, 0.5) is 5.95 Å². The van der Waals surface area contributed by atoms with Crippen molar-refractivity contribution in [2.24, 2.45) is 5.92 Å². The van der Waals surface area contributed by atoms with Crippen LogP contribution in [0, 0.1) is 5.92 Å². The molecule has 0 radical (unpaired) electrons. The molecular formula is C22H25Br2N4O7P. The average molecular weight is 648 g/mol. The Kier molecular flexibility index (Phi) is 7.80. The van der Waals surface area contributed by atoms with Crippen molar-refractivity contribution in [2.45, 2.75) is 35.4 Å². The van der Waals surface area contributed by atoms with Gasteiger partial charge < -0.3 is 20.1 Å². The Morgan fingerprint density at radius 3 is 2.69 bits per heavy atom. The van der Waals surface area contributed by atoms with E-state index in [0.717, 1.165) is 0 Å². The van der Waals surface area contributed by atoms with Crippen LogP contribution in [0.2, 0.25) is 0 Å². The second-order valence-corrected chi connectivity index (χ2v) is 14.3. The predicted molar refractivity (Wildman–Crippen MR) is 140 cm³/mol. The number of benzene rings is 1. The van der Waals surface area contributed by atoms with Crippen molar-refractivity contribution in [1.29, 1.82) is 0 Å². The molecule has 4 rings (SSSR count). The minimum atomic E-state index is -3.83. The van der Waals surface area contributed by atoms with Crippen LogP contribution >= 0.6 is 39.5 Å². The lowest BCUT2D eigenvalue weighted by atomic mass is 10.1. The number of hydrogen-bond acceptors (Lipinski definition) is 9. The van der Waals surface area contributed by atoms with Gasteiger partial charge in [-0.2, -0.15) is 0 Å². The second kappa shape index (κ2) is 10.4. The lowest BCUT2D eigenvalue weighted by Gasteiger charge is -2.25. The van der Waals surface area contributed by atoms with Gasteiger partial charge in [-0.25, -0.2) is 9.08 Å². The molecule has 4 N–H and O–H groups in total. The monoisotopic (exact) mass is 646 g/mol. The number of aromatic nitrogens is 3. The van der Waals surface area contributed by atoms with Crippen molar-refractivity contribution in [1.82, 2.24) is 14.6 Å². The number of aliphatic hydroxyl groups is 1. The molecule has 1 fully saturated rings. The fraction of sp³-hybridized carbons (Fsp3) is 0.409. The number of nitrogens with zero attached hydrogens (tertiary/aromatic N) is 2. The number of rotatable bonds is 9. The maximum atomic E-state index is 13.7. The third kappa shape index (κ3) is 5.46. The van der Waals surface area contributed by atoms with E-state index in [1.807, 2.05) is 0 Å². The summed E-state index contributed by atoms with van der Waals surface area (Å²) in [5, 5.41) is 15.2. The molecule has 14 heteroatoms. The number of aliphatic hydroxyl groups excluding tert-OH is 1. The van der Waals surface area contributed by atoms with E-state index >= 15 is 0 Å². The molecule has 0 spiro atoms. The smallest absolute Gasteiger partial charge is 0.379 e. The van der Waals surface area contributed by atoms with E-state index in [1.54, 1.807) is 49.4 Å². The fourth-order valence-electron chi connectivity index (χ4n) is 3.79. The van der Waals surface area contributed by atoms with Gasteiger partial charge in [-0.15, -0.1) is 5.10 Å². The zero-order valence-electron chi connectivity index (χ0n) is 19.3. The highest BCUT2D eigenvalue weighted by Gasteiger charge is 2.55. The molecular weight excluding hydrogens is 623 g/mol. The number of ether oxygens (including phenoxy) is 1. The van der Waals surface area contributed by atoms with E-state index < -0.39 is 40.6 Å². The molecule has 1 saturated heterocycles. The molecule has 5 atom stereocenters. The number of H-pyrrole nitrogens is 1. The number of fused-ring (bicyclic) bond motifs is 1. The van der Waals surface area contributed by atoms with Crippen LogP contribution in [0.25, 0.3) is 5.52 Å². The van der Waals surface area contributed by atoms with Gasteiger partial charge in [-0.1, -0.05) is 57.0 Å². The molecule has 36 heavy (non-hydrogen) atoms. The average Bonchev–Trinajstić information content (AvgIpc) is 3.31. The van der Waals surface area contributed by atoms with Gasteiger partial charge in [-0.05, 0) is 31.2 Å². The number of halogens is 2. The number of hydrogen-bond donors (Lipinski definition) is 3. The lowest BCUT2D eigenvalue weighted by Crippen LogP contribution is -2.36. The number of carbonyl (C=O) groups is 1. The van der Waals surface area contributed by atoms with Gasteiger partial charge in [0, 0.05) is 5.92 Å². The normalized spacial score (nSPS) is 23.9. The molecule has 1 aliphatic heterocycles. The lowest BCUT2D eigenvalue weighted by molar-refractivity contribution is -0.119. The van der Waals surface area contributed by atoms with Gasteiger partial charge in [0.25, 0.3) is 5.56 Å². The van der Waals surface area contributed by atoms with Gasteiger partial charge in [-0.3, -0.25) is 19.1 Å². The summed E-state index contributed by atoms with van der Waals surface area (Å²) in [6.45, 7) is 2.75. The Bertz CT molecular complexity index is 1360. The number of nitrogen functional groups attached to an aromatic ring is 1.